The molecule has 3 heterocycles. The van der Waals surface area contributed by atoms with Crippen molar-refractivity contribution in [2.45, 2.75) is 13.0 Å². The fourth-order valence-corrected chi connectivity index (χ4v) is 4.77. The zero-order valence-electron chi connectivity index (χ0n) is 20.4. The second-order valence-corrected chi connectivity index (χ2v) is 9.58. The van der Waals surface area contributed by atoms with E-state index in [1.165, 1.54) is 25.9 Å². The van der Waals surface area contributed by atoms with Gasteiger partial charge in [-0.3, -0.25) is 14.3 Å². The summed E-state index contributed by atoms with van der Waals surface area (Å²) in [7, 11) is 0.140. The lowest BCUT2D eigenvalue weighted by atomic mass is 10.2. The Morgan fingerprint density at radius 1 is 1.03 bits per heavy atom. The van der Waals surface area contributed by atoms with Crippen molar-refractivity contribution >= 4 is 16.0 Å². The van der Waals surface area contributed by atoms with Crippen LogP contribution in [0.25, 0.3) is 17.1 Å². The van der Waals surface area contributed by atoms with Crippen molar-refractivity contribution in [1.29, 1.82) is 0 Å². The molecule has 0 aliphatic rings. The number of methoxy groups -OCH3 is 3. The van der Waals surface area contributed by atoms with E-state index in [9.17, 15) is 12.8 Å². The number of hydrogen-bond acceptors (Lipinski definition) is 10. The van der Waals surface area contributed by atoms with Gasteiger partial charge in [-0.1, -0.05) is 6.07 Å². The minimum absolute atomic E-state index is 0.00802. The maximum Gasteiger partial charge on any atom is 0.243 e. The van der Waals surface area contributed by atoms with E-state index >= 15 is 0 Å². The summed E-state index contributed by atoms with van der Waals surface area (Å²) in [5.74, 6) is -0.292. The molecule has 0 spiro atoms. The number of aryl methyl sites for hydroxylation is 1. The lowest BCUT2D eigenvalue weighted by molar-refractivity contribution is 0.114. The lowest BCUT2D eigenvalue weighted by Gasteiger charge is -2.18. The number of anilines is 1. The van der Waals surface area contributed by atoms with Gasteiger partial charge in [-0.05, 0) is 30.7 Å². The van der Waals surface area contributed by atoms with Crippen LogP contribution in [0.2, 0.25) is 0 Å². The second kappa shape index (κ2) is 10.8. The predicted molar refractivity (Wildman–Crippen MR) is 132 cm³/mol. The molecular formula is C23H24FN7O5S. The smallest absolute Gasteiger partial charge is 0.243 e. The molecule has 0 bridgehead atoms. The summed E-state index contributed by atoms with van der Waals surface area (Å²) in [6, 6.07) is 6.96. The minimum atomic E-state index is -4.12. The molecule has 1 N–H and O–H groups in total. The first kappa shape index (κ1) is 25.9. The fourth-order valence-electron chi connectivity index (χ4n) is 3.59. The van der Waals surface area contributed by atoms with Crippen molar-refractivity contribution in [1.82, 2.24) is 29.7 Å². The Morgan fingerprint density at radius 2 is 1.70 bits per heavy atom. The summed E-state index contributed by atoms with van der Waals surface area (Å²) in [5.41, 5.74) is 1.82. The summed E-state index contributed by atoms with van der Waals surface area (Å²) in [6.45, 7) is 1.87. The molecule has 14 heteroatoms. The zero-order valence-corrected chi connectivity index (χ0v) is 21.2. The van der Waals surface area contributed by atoms with Crippen LogP contribution in [0.1, 0.15) is 17.5 Å². The molecule has 0 amide bonds. The average Bonchev–Trinajstić information content (AvgIpc) is 3.29. The van der Waals surface area contributed by atoms with Crippen LogP contribution in [-0.2, 0) is 14.8 Å². The molecule has 0 fully saturated rings. The largest absolute Gasteiger partial charge is 0.494 e. The van der Waals surface area contributed by atoms with Crippen molar-refractivity contribution in [3.63, 3.8) is 0 Å². The van der Waals surface area contributed by atoms with Gasteiger partial charge in [0, 0.05) is 25.1 Å². The van der Waals surface area contributed by atoms with Gasteiger partial charge in [-0.15, -0.1) is 10.2 Å². The first-order valence-electron chi connectivity index (χ1n) is 10.9. The number of para-hydroxylation sites is 1. The number of sulfonamides is 1. The molecule has 37 heavy (non-hydrogen) atoms. The van der Waals surface area contributed by atoms with Crippen LogP contribution in [0.15, 0.2) is 49.1 Å². The van der Waals surface area contributed by atoms with E-state index < -0.39 is 27.7 Å². The maximum atomic E-state index is 13.2. The van der Waals surface area contributed by atoms with Gasteiger partial charge in [-0.25, -0.2) is 22.8 Å². The van der Waals surface area contributed by atoms with Crippen molar-refractivity contribution in [3.05, 3.63) is 66.3 Å². The van der Waals surface area contributed by atoms with Gasteiger partial charge < -0.3 is 14.2 Å². The number of rotatable bonds is 10. The summed E-state index contributed by atoms with van der Waals surface area (Å²) >= 11 is 0. The van der Waals surface area contributed by atoms with E-state index in [0.29, 0.717) is 28.6 Å². The molecule has 0 saturated carbocycles. The molecule has 0 radical (unpaired) electrons. The highest BCUT2D eigenvalue weighted by Gasteiger charge is 2.28. The van der Waals surface area contributed by atoms with Gasteiger partial charge in [-0.2, -0.15) is 0 Å². The number of pyridine rings is 1. The second-order valence-electron chi connectivity index (χ2n) is 7.81. The van der Waals surface area contributed by atoms with Gasteiger partial charge in [0.15, 0.2) is 17.5 Å². The van der Waals surface area contributed by atoms with Crippen molar-refractivity contribution in [2.24, 2.45) is 0 Å². The zero-order chi connectivity index (χ0) is 26.6. The van der Waals surface area contributed by atoms with Crippen LogP contribution in [0.3, 0.4) is 0 Å². The van der Waals surface area contributed by atoms with Crippen molar-refractivity contribution in [3.8, 4) is 28.6 Å². The van der Waals surface area contributed by atoms with Gasteiger partial charge in [0.1, 0.15) is 29.0 Å². The Morgan fingerprint density at radius 3 is 2.30 bits per heavy atom. The van der Waals surface area contributed by atoms with Crippen LogP contribution in [0, 0.1) is 12.7 Å². The molecule has 194 valence electrons. The van der Waals surface area contributed by atoms with Crippen molar-refractivity contribution in [2.75, 3.05) is 31.8 Å². The van der Waals surface area contributed by atoms with Crippen LogP contribution < -0.4 is 14.2 Å². The maximum absolute atomic E-state index is 13.2. The molecule has 4 aromatic rings. The normalized spacial score (nSPS) is 12.2. The Balaban J connectivity index is 1.81. The van der Waals surface area contributed by atoms with Gasteiger partial charge in [0.2, 0.25) is 16.0 Å². The van der Waals surface area contributed by atoms with Crippen molar-refractivity contribution < 1.29 is 27.0 Å². The van der Waals surface area contributed by atoms with E-state index in [0.717, 1.165) is 18.0 Å². The molecule has 0 unspecified atom stereocenters. The molecule has 12 nitrogen and oxygen atoms in total. The third kappa shape index (κ3) is 5.65. The van der Waals surface area contributed by atoms with Crippen LogP contribution in [0.5, 0.6) is 11.5 Å². The van der Waals surface area contributed by atoms with E-state index in [-0.39, 0.29) is 11.8 Å². The molecule has 0 aliphatic heterocycles. The molecule has 4 rings (SSSR count). The van der Waals surface area contributed by atoms with Crippen LogP contribution in [0.4, 0.5) is 10.3 Å². The first-order valence-corrected chi connectivity index (χ1v) is 12.5. The molecule has 1 aromatic carbocycles. The average molecular weight is 530 g/mol. The summed E-state index contributed by atoms with van der Waals surface area (Å²) < 4.78 is 60.0. The number of aromatic nitrogens is 6. The summed E-state index contributed by atoms with van der Waals surface area (Å²) in [5, 5.41) is 8.36. The molecular weight excluding hydrogens is 505 g/mol. The van der Waals surface area contributed by atoms with E-state index in [2.05, 4.69) is 29.9 Å². The minimum Gasteiger partial charge on any atom is -0.494 e. The summed E-state index contributed by atoms with van der Waals surface area (Å²) in [4.78, 5) is 11.9. The number of nitrogens with zero attached hydrogens (tertiary/aromatic N) is 6. The quantitative estimate of drug-likeness (QED) is 0.326. The fraction of sp³-hybridized carbons (Fsp3) is 0.261. The monoisotopic (exact) mass is 529 g/mol. The van der Waals surface area contributed by atoms with E-state index in [1.54, 1.807) is 30.6 Å². The third-order valence-electron chi connectivity index (χ3n) is 5.25. The van der Waals surface area contributed by atoms with Gasteiger partial charge in [0.25, 0.3) is 0 Å². The molecule has 0 aliphatic carbocycles. The van der Waals surface area contributed by atoms with Crippen LogP contribution in [-0.4, -0.2) is 65.2 Å². The van der Waals surface area contributed by atoms with E-state index in [1.807, 2.05) is 13.0 Å². The number of benzene rings is 1. The SMILES string of the molecule is COc1cccc(OC)c1-n1c(NS(=O)(=O)C[C@@H](OC)c2ncc(F)cn2)nnc1-c1cncc(C)c1. The Labute approximate surface area is 212 Å². The highest BCUT2D eigenvalue weighted by molar-refractivity contribution is 7.92. The molecule has 1 atom stereocenters. The third-order valence-corrected chi connectivity index (χ3v) is 6.49. The Bertz CT molecular complexity index is 1470. The standard InChI is InChI=1S/C23H24FN7O5S/c1-14-8-15(10-25-9-14)22-28-29-23(31(22)20-17(34-2)6-5-7-18(20)35-3)30-37(32,33)13-19(36-4)21-26-11-16(24)12-27-21/h5-12,19H,13H2,1-4H3,(H,29,30)/t19-/m1/s1. The lowest BCUT2D eigenvalue weighted by Crippen LogP contribution is -2.25. The Kier molecular flexibility index (Phi) is 7.59. The van der Waals surface area contributed by atoms with Gasteiger partial charge >= 0.3 is 0 Å². The molecule has 0 saturated heterocycles. The van der Waals surface area contributed by atoms with E-state index in [4.69, 9.17) is 14.2 Å². The number of nitrogens with one attached hydrogen (secondary N) is 1. The Hall–Kier alpha value is -4.17. The van der Waals surface area contributed by atoms with Crippen LogP contribution >= 0.6 is 0 Å². The number of halogens is 1. The predicted octanol–water partition coefficient (Wildman–Crippen LogP) is 2.71. The molecule has 3 aromatic heterocycles. The number of ether oxygens (including phenoxy) is 3. The number of hydrogen-bond donors (Lipinski definition) is 1. The highest BCUT2D eigenvalue weighted by atomic mass is 32.2. The summed E-state index contributed by atoms with van der Waals surface area (Å²) in [6.07, 6.45) is 4.05. The van der Waals surface area contributed by atoms with Gasteiger partial charge in [0.05, 0.1) is 26.6 Å². The highest BCUT2D eigenvalue weighted by Crippen LogP contribution is 2.37. The first-order chi connectivity index (χ1) is 17.8. The topological polar surface area (TPSA) is 143 Å².